The van der Waals surface area contributed by atoms with Crippen molar-refractivity contribution in [1.82, 2.24) is 0 Å². The van der Waals surface area contributed by atoms with Gasteiger partial charge in [-0.25, -0.2) is 0 Å². The van der Waals surface area contributed by atoms with E-state index in [1.165, 1.54) is 0 Å². The van der Waals surface area contributed by atoms with Crippen LogP contribution in [-0.2, 0) is 23.9 Å². The summed E-state index contributed by atoms with van der Waals surface area (Å²) in [4.78, 5) is 35.3. The van der Waals surface area contributed by atoms with Gasteiger partial charge in [-0.1, -0.05) is 40.5 Å². The number of hydrogen-bond acceptors (Lipinski definition) is 5. The fourth-order valence-electron chi connectivity index (χ4n) is 2.03. The third-order valence-corrected chi connectivity index (χ3v) is 4.00. The van der Waals surface area contributed by atoms with E-state index < -0.39 is 0 Å². The number of ketones is 1. The Hall–Kier alpha value is -1.39. The van der Waals surface area contributed by atoms with Gasteiger partial charge in [0, 0.05) is 12.8 Å². The highest BCUT2D eigenvalue weighted by atomic mass is 16.5. The number of Topliss-reactive ketones (excluding diaryl/α,β-unsaturated/α-hetero) is 1. The number of rotatable bonds is 14. The molecule has 5 nitrogen and oxygen atoms in total. The molecule has 24 heavy (non-hydrogen) atoms. The second-order valence-electron chi connectivity index (χ2n) is 6.46. The maximum atomic E-state index is 11.9. The largest absolute Gasteiger partial charge is 0.465 e. The fraction of sp³-hybridized carbons (Fsp3) is 0.842. The van der Waals surface area contributed by atoms with Gasteiger partial charge in [0.15, 0.2) is 0 Å². The first kappa shape index (κ1) is 22.6. The summed E-state index contributed by atoms with van der Waals surface area (Å²) in [6.45, 7) is 8.55. The minimum atomic E-state index is -0.262. The highest BCUT2D eigenvalue weighted by Gasteiger charge is 2.18. The predicted octanol–water partition coefficient (Wildman–Crippen LogP) is 4.07. The molecule has 0 N–H and O–H groups in total. The van der Waals surface area contributed by atoms with Crippen LogP contribution >= 0.6 is 0 Å². The molecule has 0 amide bonds. The minimum absolute atomic E-state index is 0.0800. The topological polar surface area (TPSA) is 69.7 Å². The quantitative estimate of drug-likeness (QED) is 0.351. The number of carbonyl (C=O) groups excluding carboxylic acids is 3. The molecule has 0 aromatic rings. The standard InChI is InChI=1S/C19H34O5/c1-5-7-13-23-18(21)15(3)9-11-17(20)12-10-16(4)19(22)24-14-8-6-2/h15-16H,5-14H2,1-4H3. The summed E-state index contributed by atoms with van der Waals surface area (Å²) in [6.07, 6.45) is 5.40. The Morgan fingerprint density at radius 1 is 0.750 bits per heavy atom. The van der Waals surface area contributed by atoms with Crippen molar-refractivity contribution in [3.8, 4) is 0 Å². The summed E-state index contributed by atoms with van der Waals surface area (Å²) < 4.78 is 10.3. The highest BCUT2D eigenvalue weighted by Crippen LogP contribution is 2.14. The zero-order chi connectivity index (χ0) is 18.4. The summed E-state index contributed by atoms with van der Waals surface area (Å²) in [5, 5.41) is 0. The lowest BCUT2D eigenvalue weighted by Crippen LogP contribution is -2.18. The third kappa shape index (κ3) is 11.2. The molecular weight excluding hydrogens is 308 g/mol. The van der Waals surface area contributed by atoms with Gasteiger partial charge in [0.1, 0.15) is 5.78 Å². The maximum absolute atomic E-state index is 11.9. The lowest BCUT2D eigenvalue weighted by molar-refractivity contribution is -0.149. The van der Waals surface area contributed by atoms with Crippen LogP contribution in [0.4, 0.5) is 0 Å². The van der Waals surface area contributed by atoms with Crippen LogP contribution in [0.5, 0.6) is 0 Å². The molecular formula is C19H34O5. The smallest absolute Gasteiger partial charge is 0.308 e. The molecule has 2 unspecified atom stereocenters. The van der Waals surface area contributed by atoms with Gasteiger partial charge in [-0.2, -0.15) is 0 Å². The summed E-state index contributed by atoms with van der Waals surface area (Å²) >= 11 is 0. The first-order valence-electron chi connectivity index (χ1n) is 9.27. The molecule has 0 spiro atoms. The van der Waals surface area contributed by atoms with E-state index in [1.807, 2.05) is 13.8 Å². The number of esters is 2. The zero-order valence-electron chi connectivity index (χ0n) is 15.8. The van der Waals surface area contributed by atoms with E-state index in [-0.39, 0.29) is 29.6 Å². The van der Waals surface area contributed by atoms with E-state index in [1.54, 1.807) is 13.8 Å². The fourth-order valence-corrected chi connectivity index (χ4v) is 2.03. The summed E-state index contributed by atoms with van der Waals surface area (Å²) in [5.41, 5.74) is 0. The Morgan fingerprint density at radius 3 is 1.46 bits per heavy atom. The van der Waals surface area contributed by atoms with Gasteiger partial charge < -0.3 is 9.47 Å². The van der Waals surface area contributed by atoms with E-state index in [0.29, 0.717) is 38.9 Å². The van der Waals surface area contributed by atoms with Crippen LogP contribution in [0, 0.1) is 11.8 Å². The van der Waals surface area contributed by atoms with Crippen molar-refractivity contribution >= 4 is 17.7 Å². The Bertz CT molecular complexity index is 344. The highest BCUT2D eigenvalue weighted by molar-refractivity contribution is 5.80. The predicted molar refractivity (Wildman–Crippen MR) is 93.5 cm³/mol. The van der Waals surface area contributed by atoms with Crippen molar-refractivity contribution in [2.45, 2.75) is 79.1 Å². The van der Waals surface area contributed by atoms with Gasteiger partial charge in [-0.05, 0) is 25.7 Å². The lowest BCUT2D eigenvalue weighted by atomic mass is 9.98. The molecule has 0 aliphatic heterocycles. The molecule has 0 saturated carbocycles. The van der Waals surface area contributed by atoms with Crippen LogP contribution < -0.4 is 0 Å². The minimum Gasteiger partial charge on any atom is -0.465 e. The Balaban J connectivity index is 3.88. The molecule has 0 aliphatic rings. The van der Waals surface area contributed by atoms with Crippen molar-refractivity contribution in [1.29, 1.82) is 0 Å². The molecule has 0 heterocycles. The molecule has 140 valence electrons. The van der Waals surface area contributed by atoms with Crippen LogP contribution in [-0.4, -0.2) is 30.9 Å². The number of unbranched alkanes of at least 4 members (excludes halogenated alkanes) is 2. The molecule has 0 radical (unpaired) electrons. The van der Waals surface area contributed by atoms with E-state index in [2.05, 4.69) is 0 Å². The SMILES string of the molecule is CCCCOC(=O)C(C)CCC(=O)CCC(C)C(=O)OCCCC. The van der Waals surface area contributed by atoms with E-state index in [4.69, 9.17) is 9.47 Å². The van der Waals surface area contributed by atoms with Crippen LogP contribution in [0.1, 0.15) is 79.1 Å². The number of hydrogen-bond donors (Lipinski definition) is 0. The molecule has 0 aliphatic carbocycles. The molecule has 0 saturated heterocycles. The van der Waals surface area contributed by atoms with E-state index >= 15 is 0 Å². The maximum Gasteiger partial charge on any atom is 0.308 e. The van der Waals surface area contributed by atoms with Gasteiger partial charge in [0.25, 0.3) is 0 Å². The van der Waals surface area contributed by atoms with Crippen LogP contribution in [0.25, 0.3) is 0 Å². The van der Waals surface area contributed by atoms with Gasteiger partial charge in [0.2, 0.25) is 0 Å². The first-order chi connectivity index (χ1) is 11.4. The van der Waals surface area contributed by atoms with E-state index in [0.717, 1.165) is 25.7 Å². The van der Waals surface area contributed by atoms with Crippen molar-refractivity contribution < 1.29 is 23.9 Å². The summed E-state index contributed by atoms with van der Waals surface area (Å²) in [7, 11) is 0. The van der Waals surface area contributed by atoms with Gasteiger partial charge in [0.05, 0.1) is 25.0 Å². The Labute approximate surface area is 146 Å². The van der Waals surface area contributed by atoms with Crippen molar-refractivity contribution in [2.75, 3.05) is 13.2 Å². The third-order valence-electron chi connectivity index (χ3n) is 4.00. The normalized spacial score (nSPS) is 13.2. The Morgan fingerprint density at radius 2 is 1.12 bits per heavy atom. The molecule has 0 bridgehead atoms. The summed E-state index contributed by atoms with van der Waals surface area (Å²) in [6, 6.07) is 0. The lowest BCUT2D eigenvalue weighted by Gasteiger charge is -2.12. The summed E-state index contributed by atoms with van der Waals surface area (Å²) in [5.74, 6) is -0.908. The molecule has 0 rings (SSSR count). The molecule has 0 aromatic heterocycles. The van der Waals surface area contributed by atoms with Crippen molar-refractivity contribution in [3.63, 3.8) is 0 Å². The van der Waals surface area contributed by atoms with Gasteiger partial charge in [-0.15, -0.1) is 0 Å². The number of ether oxygens (including phenoxy) is 2. The van der Waals surface area contributed by atoms with E-state index in [9.17, 15) is 14.4 Å². The van der Waals surface area contributed by atoms with Crippen LogP contribution in [0.3, 0.4) is 0 Å². The monoisotopic (exact) mass is 342 g/mol. The Kier molecular flexibility index (Phi) is 13.2. The molecule has 2 atom stereocenters. The molecule has 5 heteroatoms. The number of carbonyl (C=O) groups is 3. The molecule has 0 fully saturated rings. The van der Waals surface area contributed by atoms with Gasteiger partial charge in [-0.3, -0.25) is 14.4 Å². The molecule has 0 aromatic carbocycles. The average Bonchev–Trinajstić information content (AvgIpc) is 2.57. The van der Waals surface area contributed by atoms with Crippen LogP contribution in [0.2, 0.25) is 0 Å². The van der Waals surface area contributed by atoms with Gasteiger partial charge >= 0.3 is 11.9 Å². The second kappa shape index (κ2) is 14.0. The van der Waals surface area contributed by atoms with Crippen molar-refractivity contribution in [3.05, 3.63) is 0 Å². The second-order valence-corrected chi connectivity index (χ2v) is 6.46. The first-order valence-corrected chi connectivity index (χ1v) is 9.27. The average molecular weight is 342 g/mol. The zero-order valence-corrected chi connectivity index (χ0v) is 15.8. The van der Waals surface area contributed by atoms with Crippen molar-refractivity contribution in [2.24, 2.45) is 11.8 Å². The van der Waals surface area contributed by atoms with Crippen LogP contribution in [0.15, 0.2) is 0 Å².